The van der Waals surface area contributed by atoms with Gasteiger partial charge in [0.15, 0.2) is 0 Å². The molecule has 1 N–H and O–H groups in total. The molecule has 0 heterocycles. The van der Waals surface area contributed by atoms with Crippen molar-refractivity contribution in [2.45, 2.75) is 51.7 Å². The fourth-order valence-electron chi connectivity index (χ4n) is 0.975. The van der Waals surface area contributed by atoms with Crippen molar-refractivity contribution < 1.29 is 22.3 Å². The van der Waals surface area contributed by atoms with E-state index in [-0.39, 0.29) is 0 Å². The van der Waals surface area contributed by atoms with Crippen molar-refractivity contribution in [2.75, 3.05) is 13.2 Å². The summed E-state index contributed by atoms with van der Waals surface area (Å²) in [7, 11) is 0. The third-order valence-corrected chi connectivity index (χ3v) is 1.98. The summed E-state index contributed by atoms with van der Waals surface area (Å²) in [6.45, 7) is 4.88. The lowest BCUT2D eigenvalue weighted by molar-refractivity contribution is -0.174. The van der Waals surface area contributed by atoms with Crippen LogP contribution in [0.4, 0.5) is 17.6 Å². The Bertz CT molecular complexity index is 188. The van der Waals surface area contributed by atoms with E-state index >= 15 is 0 Å². The zero-order chi connectivity index (χ0) is 12.8. The van der Waals surface area contributed by atoms with Gasteiger partial charge in [-0.2, -0.15) is 8.78 Å². The molecule has 0 aliphatic rings. The lowest BCUT2D eigenvalue weighted by Crippen LogP contribution is -2.35. The van der Waals surface area contributed by atoms with E-state index < -0.39 is 25.1 Å². The average molecular weight is 245 g/mol. The molecule has 6 heteroatoms. The van der Waals surface area contributed by atoms with E-state index in [0.29, 0.717) is 19.0 Å². The molecule has 0 fully saturated rings. The van der Waals surface area contributed by atoms with Crippen LogP contribution in [0.1, 0.15) is 27.2 Å². The highest BCUT2D eigenvalue weighted by Crippen LogP contribution is 2.23. The second kappa shape index (κ2) is 7.06. The van der Waals surface area contributed by atoms with Crippen LogP contribution in [0.3, 0.4) is 0 Å². The van der Waals surface area contributed by atoms with Crippen LogP contribution in [0.5, 0.6) is 0 Å². The standard InChI is InChI=1S/C10H19F4NO/c1-7(2)15-5-4-8(3)16-6-10(13,14)9(11)12/h7-9,15H,4-6H2,1-3H3. The molecule has 0 aromatic carbocycles. The Morgan fingerprint density at radius 1 is 1.19 bits per heavy atom. The molecule has 98 valence electrons. The minimum Gasteiger partial charge on any atom is -0.372 e. The minimum atomic E-state index is -4.06. The lowest BCUT2D eigenvalue weighted by atomic mass is 10.2. The second-order valence-corrected chi connectivity index (χ2v) is 4.08. The zero-order valence-electron chi connectivity index (χ0n) is 9.77. The van der Waals surface area contributed by atoms with E-state index in [0.717, 1.165) is 0 Å². The Morgan fingerprint density at radius 2 is 1.75 bits per heavy atom. The summed E-state index contributed by atoms with van der Waals surface area (Å²) in [6, 6.07) is 0.301. The minimum absolute atomic E-state index is 0.301. The molecule has 16 heavy (non-hydrogen) atoms. The highest BCUT2D eigenvalue weighted by molar-refractivity contribution is 4.69. The van der Waals surface area contributed by atoms with Crippen molar-refractivity contribution in [3.63, 3.8) is 0 Å². The fraction of sp³-hybridized carbons (Fsp3) is 1.00. The van der Waals surface area contributed by atoms with Crippen molar-refractivity contribution in [3.8, 4) is 0 Å². The van der Waals surface area contributed by atoms with Crippen LogP contribution in [0.2, 0.25) is 0 Å². The van der Waals surface area contributed by atoms with Crippen molar-refractivity contribution in [3.05, 3.63) is 0 Å². The summed E-state index contributed by atoms with van der Waals surface area (Å²) in [5, 5.41) is 3.08. The molecular weight excluding hydrogens is 226 g/mol. The molecule has 0 rings (SSSR count). The van der Waals surface area contributed by atoms with Gasteiger partial charge < -0.3 is 10.1 Å². The number of rotatable bonds is 8. The summed E-state index contributed by atoms with van der Waals surface area (Å²) < 4.78 is 53.2. The van der Waals surface area contributed by atoms with Crippen LogP contribution in [0, 0.1) is 0 Å². The van der Waals surface area contributed by atoms with Gasteiger partial charge in [0, 0.05) is 6.04 Å². The smallest absolute Gasteiger partial charge is 0.330 e. The first-order valence-electron chi connectivity index (χ1n) is 5.26. The predicted octanol–water partition coefficient (Wildman–Crippen LogP) is 2.68. The SMILES string of the molecule is CC(C)NCCC(C)OCC(F)(F)C(F)F. The molecule has 0 spiro atoms. The van der Waals surface area contributed by atoms with Gasteiger partial charge >= 0.3 is 12.3 Å². The molecule has 0 amide bonds. The fourth-order valence-corrected chi connectivity index (χ4v) is 0.975. The molecule has 1 unspecified atom stereocenters. The molecule has 0 saturated heterocycles. The number of nitrogens with one attached hydrogen (secondary N) is 1. The highest BCUT2D eigenvalue weighted by atomic mass is 19.3. The van der Waals surface area contributed by atoms with E-state index in [4.69, 9.17) is 0 Å². The molecule has 0 radical (unpaired) electrons. The second-order valence-electron chi connectivity index (χ2n) is 4.08. The summed E-state index contributed by atoms with van der Waals surface area (Å²) in [6.07, 6.45) is -3.62. The topological polar surface area (TPSA) is 21.3 Å². The molecule has 2 nitrogen and oxygen atoms in total. The van der Waals surface area contributed by atoms with E-state index in [1.54, 1.807) is 6.92 Å². The van der Waals surface area contributed by atoms with Crippen molar-refractivity contribution in [1.29, 1.82) is 0 Å². The summed E-state index contributed by atoms with van der Waals surface area (Å²) >= 11 is 0. The lowest BCUT2D eigenvalue weighted by Gasteiger charge is -2.19. The third-order valence-electron chi connectivity index (χ3n) is 1.98. The molecule has 0 aromatic heterocycles. The quantitative estimate of drug-likeness (QED) is 0.664. The Morgan fingerprint density at radius 3 is 2.19 bits per heavy atom. The molecule has 1 atom stereocenters. The average Bonchev–Trinajstić information content (AvgIpc) is 2.14. The van der Waals surface area contributed by atoms with Crippen molar-refractivity contribution in [1.82, 2.24) is 5.32 Å². The van der Waals surface area contributed by atoms with Gasteiger partial charge in [-0.15, -0.1) is 0 Å². The van der Waals surface area contributed by atoms with Gasteiger partial charge in [0.1, 0.15) is 6.61 Å². The number of halogens is 4. The van der Waals surface area contributed by atoms with Crippen LogP contribution < -0.4 is 5.32 Å². The maximum absolute atomic E-state index is 12.5. The van der Waals surface area contributed by atoms with Gasteiger partial charge in [0.05, 0.1) is 6.10 Å². The Balaban J connectivity index is 3.68. The maximum Gasteiger partial charge on any atom is 0.330 e. The van der Waals surface area contributed by atoms with Crippen LogP contribution >= 0.6 is 0 Å². The van der Waals surface area contributed by atoms with Crippen LogP contribution in [0.25, 0.3) is 0 Å². The molecule has 0 aromatic rings. The number of hydrogen-bond acceptors (Lipinski definition) is 2. The van der Waals surface area contributed by atoms with Gasteiger partial charge in [0.25, 0.3) is 0 Å². The summed E-state index contributed by atoms with van der Waals surface area (Å²) in [5.74, 6) is -4.06. The first kappa shape index (κ1) is 15.6. The summed E-state index contributed by atoms with van der Waals surface area (Å²) in [4.78, 5) is 0. The van der Waals surface area contributed by atoms with Crippen molar-refractivity contribution in [2.24, 2.45) is 0 Å². The molecule has 0 bridgehead atoms. The van der Waals surface area contributed by atoms with Crippen LogP contribution in [-0.2, 0) is 4.74 Å². The van der Waals surface area contributed by atoms with Gasteiger partial charge in [-0.3, -0.25) is 0 Å². The monoisotopic (exact) mass is 245 g/mol. The van der Waals surface area contributed by atoms with E-state index in [1.807, 2.05) is 13.8 Å². The predicted molar refractivity (Wildman–Crippen MR) is 54.1 cm³/mol. The van der Waals surface area contributed by atoms with Crippen LogP contribution in [0.15, 0.2) is 0 Å². The largest absolute Gasteiger partial charge is 0.372 e. The first-order chi connectivity index (χ1) is 7.25. The summed E-state index contributed by atoms with van der Waals surface area (Å²) in [5.41, 5.74) is 0. The maximum atomic E-state index is 12.5. The molecular formula is C10H19F4NO. The normalized spacial score (nSPS) is 14.8. The highest BCUT2D eigenvalue weighted by Gasteiger charge is 2.41. The van der Waals surface area contributed by atoms with Gasteiger partial charge in [-0.1, -0.05) is 13.8 Å². The van der Waals surface area contributed by atoms with Gasteiger partial charge in [-0.05, 0) is 19.9 Å². The zero-order valence-corrected chi connectivity index (χ0v) is 9.77. The molecule has 0 aliphatic heterocycles. The number of alkyl halides is 4. The van der Waals surface area contributed by atoms with Crippen LogP contribution in [-0.4, -0.2) is 37.6 Å². The molecule has 0 aliphatic carbocycles. The Hall–Kier alpha value is -0.360. The number of hydrogen-bond donors (Lipinski definition) is 1. The third kappa shape index (κ3) is 7.00. The van der Waals surface area contributed by atoms with Gasteiger partial charge in [0.2, 0.25) is 0 Å². The Kier molecular flexibility index (Phi) is 6.90. The van der Waals surface area contributed by atoms with Gasteiger partial charge in [-0.25, -0.2) is 8.78 Å². The van der Waals surface area contributed by atoms with E-state index in [2.05, 4.69) is 10.1 Å². The van der Waals surface area contributed by atoms with E-state index in [1.165, 1.54) is 0 Å². The van der Waals surface area contributed by atoms with E-state index in [9.17, 15) is 17.6 Å². The Labute approximate surface area is 93.3 Å². The first-order valence-corrected chi connectivity index (χ1v) is 5.26. The molecule has 0 saturated carbocycles. The number of ether oxygens (including phenoxy) is 1. The van der Waals surface area contributed by atoms with Crippen molar-refractivity contribution >= 4 is 0 Å².